The average Bonchev–Trinajstić information content (AvgIpc) is 3.43. The lowest BCUT2D eigenvalue weighted by atomic mass is 9.94. The second kappa shape index (κ2) is 8.55. The van der Waals surface area contributed by atoms with Crippen LogP contribution in [-0.2, 0) is 0 Å². The molecule has 1 N–H and O–H groups in total. The quantitative estimate of drug-likeness (QED) is 0.800. The van der Waals surface area contributed by atoms with E-state index < -0.39 is 0 Å². The van der Waals surface area contributed by atoms with Crippen LogP contribution in [0.25, 0.3) is 0 Å². The fraction of sp³-hybridized carbons (Fsp3) is 0.950. The minimum absolute atomic E-state index is 0.200. The van der Waals surface area contributed by atoms with Crippen LogP contribution in [0.4, 0.5) is 4.79 Å². The maximum Gasteiger partial charge on any atom is 0.317 e. The maximum absolute atomic E-state index is 12.8. The van der Waals surface area contributed by atoms with Crippen LogP contribution in [0.15, 0.2) is 0 Å². The molecule has 0 aromatic rings. The first-order chi connectivity index (χ1) is 11.6. The molecule has 1 aliphatic heterocycles. The maximum atomic E-state index is 12.8. The van der Waals surface area contributed by atoms with Crippen molar-refractivity contribution in [2.24, 2.45) is 11.8 Å². The number of hydrogen-bond acceptors (Lipinski definition) is 2. The topological polar surface area (TPSA) is 35.6 Å². The molecule has 2 amide bonds. The highest BCUT2D eigenvalue weighted by atomic mass is 16.2. The van der Waals surface area contributed by atoms with E-state index in [-0.39, 0.29) is 6.03 Å². The van der Waals surface area contributed by atoms with Crippen molar-refractivity contribution < 1.29 is 4.79 Å². The lowest BCUT2D eigenvalue weighted by Crippen LogP contribution is -2.51. The minimum atomic E-state index is 0.200. The Morgan fingerprint density at radius 3 is 2.38 bits per heavy atom. The zero-order valence-corrected chi connectivity index (χ0v) is 15.8. The Hall–Kier alpha value is -0.770. The molecule has 3 aliphatic rings. The number of amides is 2. The van der Waals surface area contributed by atoms with Gasteiger partial charge in [0.2, 0.25) is 0 Å². The highest BCUT2D eigenvalue weighted by Crippen LogP contribution is 2.32. The second-order valence-corrected chi connectivity index (χ2v) is 8.64. The van der Waals surface area contributed by atoms with Crippen LogP contribution < -0.4 is 5.32 Å². The van der Waals surface area contributed by atoms with E-state index >= 15 is 0 Å². The zero-order valence-electron chi connectivity index (χ0n) is 15.8. The van der Waals surface area contributed by atoms with Gasteiger partial charge in [0.1, 0.15) is 0 Å². The lowest BCUT2D eigenvalue weighted by Gasteiger charge is -2.37. The third kappa shape index (κ3) is 5.11. The number of hydrogen-bond donors (Lipinski definition) is 1. The number of nitrogens with zero attached hydrogens (tertiary/aromatic N) is 2. The van der Waals surface area contributed by atoms with E-state index in [0.29, 0.717) is 12.1 Å². The van der Waals surface area contributed by atoms with Crippen molar-refractivity contribution in [3.05, 3.63) is 0 Å². The molecule has 24 heavy (non-hydrogen) atoms. The van der Waals surface area contributed by atoms with Crippen LogP contribution in [-0.4, -0.2) is 54.1 Å². The van der Waals surface area contributed by atoms with Crippen molar-refractivity contribution in [1.82, 2.24) is 15.1 Å². The van der Waals surface area contributed by atoms with E-state index in [2.05, 4.69) is 29.0 Å². The Morgan fingerprint density at radius 1 is 1.08 bits per heavy atom. The molecule has 0 bridgehead atoms. The van der Waals surface area contributed by atoms with Gasteiger partial charge < -0.3 is 10.2 Å². The van der Waals surface area contributed by atoms with Crippen LogP contribution in [0.5, 0.6) is 0 Å². The van der Waals surface area contributed by atoms with Crippen LogP contribution in [0.2, 0.25) is 0 Å². The van der Waals surface area contributed by atoms with Gasteiger partial charge in [-0.1, -0.05) is 26.2 Å². The number of likely N-dealkylation sites (tertiary alicyclic amines) is 1. The summed E-state index contributed by atoms with van der Waals surface area (Å²) in [6, 6.07) is 1.15. The summed E-state index contributed by atoms with van der Waals surface area (Å²) in [6.45, 7) is 8.78. The van der Waals surface area contributed by atoms with Crippen molar-refractivity contribution >= 4 is 6.03 Å². The molecule has 1 atom stereocenters. The monoisotopic (exact) mass is 335 g/mol. The van der Waals surface area contributed by atoms with E-state index in [1.807, 2.05) is 0 Å². The van der Waals surface area contributed by atoms with Crippen LogP contribution >= 0.6 is 0 Å². The van der Waals surface area contributed by atoms with Gasteiger partial charge in [-0.3, -0.25) is 4.90 Å². The highest BCUT2D eigenvalue weighted by molar-refractivity contribution is 5.74. The fourth-order valence-corrected chi connectivity index (χ4v) is 4.30. The molecule has 4 nitrogen and oxygen atoms in total. The molecule has 4 heteroatoms. The van der Waals surface area contributed by atoms with Crippen molar-refractivity contribution in [1.29, 1.82) is 0 Å². The van der Waals surface area contributed by atoms with E-state index in [0.717, 1.165) is 24.9 Å². The average molecular weight is 336 g/mol. The summed E-state index contributed by atoms with van der Waals surface area (Å²) in [5.74, 6) is 1.64. The first-order valence-corrected chi connectivity index (χ1v) is 10.4. The third-order valence-corrected chi connectivity index (χ3v) is 6.42. The number of urea groups is 1. The first-order valence-electron chi connectivity index (χ1n) is 10.4. The Labute approximate surface area is 148 Å². The van der Waals surface area contributed by atoms with E-state index in [9.17, 15) is 4.79 Å². The number of carbonyl (C=O) groups excluding carboxylic acids is 1. The number of piperidine rings is 1. The van der Waals surface area contributed by atoms with Gasteiger partial charge in [-0.15, -0.1) is 0 Å². The molecule has 2 saturated carbocycles. The van der Waals surface area contributed by atoms with E-state index in [1.54, 1.807) is 0 Å². The summed E-state index contributed by atoms with van der Waals surface area (Å²) in [7, 11) is 0. The normalized spacial score (nSPS) is 25.4. The number of nitrogens with one attached hydrogen (secondary N) is 1. The molecule has 1 saturated heterocycles. The highest BCUT2D eigenvalue weighted by Gasteiger charge is 2.32. The minimum Gasteiger partial charge on any atom is -0.336 e. The molecule has 0 radical (unpaired) electrons. The van der Waals surface area contributed by atoms with Crippen LogP contribution in [0, 0.1) is 11.8 Å². The molecular weight excluding hydrogens is 298 g/mol. The summed E-state index contributed by atoms with van der Waals surface area (Å²) in [5, 5.41) is 3.27. The molecule has 3 fully saturated rings. The van der Waals surface area contributed by atoms with Gasteiger partial charge in [-0.05, 0) is 70.4 Å². The largest absolute Gasteiger partial charge is 0.336 e. The lowest BCUT2D eigenvalue weighted by molar-refractivity contribution is 0.132. The van der Waals surface area contributed by atoms with Crippen molar-refractivity contribution in [2.75, 3.05) is 26.2 Å². The predicted octanol–water partition coefficient (Wildman–Crippen LogP) is 3.86. The molecule has 3 rings (SSSR count). The predicted molar refractivity (Wildman–Crippen MR) is 99.1 cm³/mol. The van der Waals surface area contributed by atoms with Gasteiger partial charge in [-0.2, -0.15) is 0 Å². The Morgan fingerprint density at radius 2 is 1.75 bits per heavy atom. The van der Waals surface area contributed by atoms with Gasteiger partial charge in [0, 0.05) is 25.2 Å². The Kier molecular flexibility index (Phi) is 6.43. The standard InChI is InChI=1S/C20H37N3O/c1-16-10-12-22(13-11-16)17(2)14-21-20(24)23(15-18-8-9-18)19-6-4-3-5-7-19/h16-19H,3-15H2,1-2H3,(H,21,24). The van der Waals surface area contributed by atoms with E-state index in [4.69, 9.17) is 0 Å². The third-order valence-electron chi connectivity index (χ3n) is 6.42. The smallest absolute Gasteiger partial charge is 0.317 e. The Balaban J connectivity index is 1.47. The van der Waals surface area contributed by atoms with Gasteiger partial charge in [0.25, 0.3) is 0 Å². The van der Waals surface area contributed by atoms with Gasteiger partial charge in [0.05, 0.1) is 0 Å². The molecular formula is C20H37N3O. The summed E-state index contributed by atoms with van der Waals surface area (Å²) in [5.41, 5.74) is 0. The molecule has 138 valence electrons. The van der Waals surface area contributed by atoms with Crippen LogP contribution in [0.3, 0.4) is 0 Å². The number of carbonyl (C=O) groups is 1. The molecule has 1 heterocycles. The molecule has 0 spiro atoms. The van der Waals surface area contributed by atoms with E-state index in [1.165, 1.54) is 70.9 Å². The molecule has 0 aromatic carbocycles. The van der Waals surface area contributed by atoms with Crippen molar-refractivity contribution in [2.45, 2.75) is 83.7 Å². The summed E-state index contributed by atoms with van der Waals surface area (Å²) >= 11 is 0. The van der Waals surface area contributed by atoms with Gasteiger partial charge in [-0.25, -0.2) is 4.79 Å². The van der Waals surface area contributed by atoms with Gasteiger partial charge >= 0.3 is 6.03 Å². The van der Waals surface area contributed by atoms with Crippen molar-refractivity contribution in [3.8, 4) is 0 Å². The van der Waals surface area contributed by atoms with Crippen LogP contribution in [0.1, 0.15) is 71.6 Å². The zero-order chi connectivity index (χ0) is 16.9. The Bertz CT molecular complexity index is 396. The van der Waals surface area contributed by atoms with Crippen molar-refractivity contribution in [3.63, 3.8) is 0 Å². The number of rotatable bonds is 6. The second-order valence-electron chi connectivity index (χ2n) is 8.64. The summed E-state index contributed by atoms with van der Waals surface area (Å²) in [6.07, 6.45) is 11.6. The van der Waals surface area contributed by atoms with Gasteiger partial charge in [0.15, 0.2) is 0 Å². The SMILES string of the molecule is CC1CCN(C(C)CNC(=O)N(CC2CC2)C2CCCCC2)CC1. The molecule has 2 aliphatic carbocycles. The summed E-state index contributed by atoms with van der Waals surface area (Å²) < 4.78 is 0. The fourth-order valence-electron chi connectivity index (χ4n) is 4.30. The molecule has 0 aromatic heterocycles. The first kappa shape index (κ1) is 18.0. The summed E-state index contributed by atoms with van der Waals surface area (Å²) in [4.78, 5) is 17.6. The molecule has 1 unspecified atom stereocenters.